The number of nitrogens with zero attached hydrogens (tertiary/aromatic N) is 5. The predicted molar refractivity (Wildman–Crippen MR) is 74.0 cm³/mol. The number of nitrogens with one attached hydrogen (secondary N) is 1. The first-order valence-corrected chi connectivity index (χ1v) is 7.44. The Morgan fingerprint density at radius 3 is 3.00 bits per heavy atom. The molecule has 1 atom stereocenters. The monoisotopic (exact) mass is 272 g/mol. The van der Waals surface area contributed by atoms with Gasteiger partial charge in [0.15, 0.2) is 5.82 Å². The average molecular weight is 272 g/mol. The molecule has 106 valence electrons. The van der Waals surface area contributed by atoms with Crippen LogP contribution >= 0.6 is 0 Å². The number of hydrogen-bond acceptors (Lipinski definition) is 4. The van der Waals surface area contributed by atoms with Gasteiger partial charge in [0.1, 0.15) is 5.82 Å². The van der Waals surface area contributed by atoms with Gasteiger partial charge in [0.2, 0.25) is 0 Å². The second kappa shape index (κ2) is 4.70. The van der Waals surface area contributed by atoms with Crippen LogP contribution in [0.25, 0.3) is 0 Å². The van der Waals surface area contributed by atoms with Crippen LogP contribution in [0, 0.1) is 0 Å². The molecule has 1 saturated carbocycles. The minimum atomic E-state index is 0.443. The number of aromatic nitrogens is 5. The van der Waals surface area contributed by atoms with Crippen LogP contribution in [-0.4, -0.2) is 36.4 Å². The van der Waals surface area contributed by atoms with Gasteiger partial charge in [-0.1, -0.05) is 0 Å². The molecule has 1 aliphatic carbocycles. The lowest BCUT2D eigenvalue weighted by Crippen LogP contribution is -2.24. The lowest BCUT2D eigenvalue weighted by atomic mass is 10.1. The number of rotatable bonds is 4. The molecule has 0 bridgehead atoms. The minimum absolute atomic E-state index is 0.443. The largest absolute Gasteiger partial charge is 0.287 e. The highest BCUT2D eigenvalue weighted by molar-refractivity contribution is 5.09. The zero-order valence-corrected chi connectivity index (χ0v) is 11.8. The molecule has 0 spiro atoms. The summed E-state index contributed by atoms with van der Waals surface area (Å²) in [6, 6.07) is 2.52. The lowest BCUT2D eigenvalue weighted by Gasteiger charge is -2.22. The van der Waals surface area contributed by atoms with E-state index < -0.39 is 0 Å². The highest BCUT2D eigenvalue weighted by atomic mass is 15.4. The molecule has 1 N–H and O–H groups in total. The first-order chi connectivity index (χ1) is 9.81. The van der Waals surface area contributed by atoms with E-state index in [2.05, 4.69) is 26.3 Å². The first-order valence-electron chi connectivity index (χ1n) is 7.44. The van der Waals surface area contributed by atoms with E-state index in [1.54, 1.807) is 0 Å². The van der Waals surface area contributed by atoms with Crippen molar-refractivity contribution < 1.29 is 0 Å². The van der Waals surface area contributed by atoms with Crippen LogP contribution in [-0.2, 0) is 13.6 Å². The third-order valence-electron chi connectivity index (χ3n) is 4.40. The minimum Gasteiger partial charge on any atom is -0.287 e. The zero-order valence-electron chi connectivity index (χ0n) is 11.8. The Morgan fingerprint density at radius 2 is 2.25 bits per heavy atom. The highest BCUT2D eigenvalue weighted by Crippen LogP contribution is 2.38. The van der Waals surface area contributed by atoms with E-state index in [4.69, 9.17) is 4.98 Å². The summed E-state index contributed by atoms with van der Waals surface area (Å²) in [6.07, 6.45) is 6.76. The van der Waals surface area contributed by atoms with Gasteiger partial charge >= 0.3 is 0 Å². The lowest BCUT2D eigenvalue weighted by molar-refractivity contribution is 0.235. The topological polar surface area (TPSA) is 62.6 Å². The Bertz CT molecular complexity index is 583. The van der Waals surface area contributed by atoms with Crippen molar-refractivity contribution in [2.45, 2.75) is 44.2 Å². The van der Waals surface area contributed by atoms with Gasteiger partial charge < -0.3 is 0 Å². The van der Waals surface area contributed by atoms with Gasteiger partial charge in [-0.2, -0.15) is 10.2 Å². The molecule has 0 radical (unpaired) electrons. The van der Waals surface area contributed by atoms with Crippen LogP contribution in [0.3, 0.4) is 0 Å². The maximum absolute atomic E-state index is 4.74. The summed E-state index contributed by atoms with van der Waals surface area (Å²) in [5.41, 5.74) is 1.21. The first kappa shape index (κ1) is 12.1. The molecule has 2 fully saturated rings. The van der Waals surface area contributed by atoms with Gasteiger partial charge in [-0.25, -0.2) is 4.98 Å². The molecule has 1 aliphatic heterocycles. The van der Waals surface area contributed by atoms with E-state index in [9.17, 15) is 0 Å². The molecule has 0 amide bonds. The molecule has 1 unspecified atom stereocenters. The molecule has 1 saturated heterocycles. The van der Waals surface area contributed by atoms with Crippen molar-refractivity contribution in [1.29, 1.82) is 0 Å². The van der Waals surface area contributed by atoms with Crippen LogP contribution in [0.1, 0.15) is 55.0 Å². The van der Waals surface area contributed by atoms with Gasteiger partial charge in [-0.15, -0.1) is 0 Å². The number of likely N-dealkylation sites (tertiary alicyclic amines) is 1. The smallest absolute Gasteiger partial charge is 0.154 e. The highest BCUT2D eigenvalue weighted by Gasteiger charge is 2.31. The van der Waals surface area contributed by atoms with Gasteiger partial charge in [0.05, 0.1) is 18.3 Å². The number of hydrogen-bond donors (Lipinski definition) is 1. The Labute approximate surface area is 118 Å². The van der Waals surface area contributed by atoms with E-state index in [0.29, 0.717) is 12.0 Å². The summed E-state index contributed by atoms with van der Waals surface area (Å²) in [7, 11) is 2.01. The Kier molecular flexibility index (Phi) is 2.84. The van der Waals surface area contributed by atoms with Crippen molar-refractivity contribution in [2.24, 2.45) is 7.05 Å². The number of aryl methyl sites for hydroxylation is 1. The standard InChI is InChI=1S/C14H20N6/c1-19-13(16-14(18-19)10-4-5-10)9-20-8-2-3-12(20)11-6-7-15-17-11/h6-7,10,12H,2-5,8-9H2,1H3,(H,15,17). The average Bonchev–Trinajstić information content (AvgIpc) is 2.87. The van der Waals surface area contributed by atoms with E-state index in [-0.39, 0.29) is 0 Å². The van der Waals surface area contributed by atoms with Crippen molar-refractivity contribution in [3.63, 3.8) is 0 Å². The number of aromatic amines is 1. The molecule has 4 rings (SSSR count). The summed E-state index contributed by atoms with van der Waals surface area (Å²) >= 11 is 0. The molecule has 6 heteroatoms. The van der Waals surface area contributed by atoms with Crippen molar-refractivity contribution in [3.8, 4) is 0 Å². The van der Waals surface area contributed by atoms with Crippen LogP contribution in [0.2, 0.25) is 0 Å². The third kappa shape index (κ3) is 2.14. The van der Waals surface area contributed by atoms with E-state index in [0.717, 1.165) is 24.7 Å². The molecule has 2 aromatic heterocycles. The fraction of sp³-hybridized carbons (Fsp3) is 0.643. The van der Waals surface area contributed by atoms with Crippen molar-refractivity contribution in [2.75, 3.05) is 6.54 Å². The second-order valence-electron chi connectivity index (χ2n) is 5.92. The fourth-order valence-electron chi connectivity index (χ4n) is 3.09. The molecular formula is C14H20N6. The molecule has 6 nitrogen and oxygen atoms in total. The van der Waals surface area contributed by atoms with Crippen LogP contribution < -0.4 is 0 Å². The maximum atomic E-state index is 4.74. The molecule has 2 aliphatic rings. The van der Waals surface area contributed by atoms with Crippen molar-refractivity contribution >= 4 is 0 Å². The van der Waals surface area contributed by atoms with Crippen LogP contribution in [0.5, 0.6) is 0 Å². The maximum Gasteiger partial charge on any atom is 0.154 e. The van der Waals surface area contributed by atoms with Gasteiger partial charge in [0, 0.05) is 19.2 Å². The second-order valence-corrected chi connectivity index (χ2v) is 5.92. The normalized spacial score (nSPS) is 23.6. The van der Waals surface area contributed by atoms with Crippen molar-refractivity contribution in [3.05, 3.63) is 29.6 Å². The Hall–Kier alpha value is -1.69. The quantitative estimate of drug-likeness (QED) is 0.921. The fourth-order valence-corrected chi connectivity index (χ4v) is 3.09. The number of H-pyrrole nitrogens is 1. The Morgan fingerprint density at radius 1 is 1.35 bits per heavy atom. The molecule has 0 aromatic carbocycles. The van der Waals surface area contributed by atoms with Crippen LogP contribution in [0.4, 0.5) is 0 Å². The molecule has 20 heavy (non-hydrogen) atoms. The summed E-state index contributed by atoms with van der Waals surface area (Å²) in [4.78, 5) is 7.22. The third-order valence-corrected chi connectivity index (χ3v) is 4.40. The van der Waals surface area contributed by atoms with Gasteiger partial charge in [-0.3, -0.25) is 14.7 Å². The van der Waals surface area contributed by atoms with E-state index in [1.165, 1.54) is 31.4 Å². The molecule has 2 aromatic rings. The SMILES string of the molecule is Cn1nc(C2CC2)nc1CN1CCCC1c1ccn[nH]1. The van der Waals surface area contributed by atoms with Gasteiger partial charge in [-0.05, 0) is 38.3 Å². The van der Waals surface area contributed by atoms with E-state index >= 15 is 0 Å². The Balaban J connectivity index is 1.52. The van der Waals surface area contributed by atoms with Crippen molar-refractivity contribution in [1.82, 2.24) is 29.9 Å². The van der Waals surface area contributed by atoms with E-state index in [1.807, 2.05) is 17.9 Å². The summed E-state index contributed by atoms with van der Waals surface area (Å²) in [6.45, 7) is 2.00. The molecule has 3 heterocycles. The summed E-state index contributed by atoms with van der Waals surface area (Å²) in [5, 5.41) is 11.7. The zero-order chi connectivity index (χ0) is 13.5. The summed E-state index contributed by atoms with van der Waals surface area (Å²) in [5.74, 6) is 2.75. The van der Waals surface area contributed by atoms with Crippen LogP contribution in [0.15, 0.2) is 12.3 Å². The summed E-state index contributed by atoms with van der Waals surface area (Å²) < 4.78 is 1.95. The predicted octanol–water partition coefficient (Wildman–Crippen LogP) is 1.75. The molecular weight excluding hydrogens is 252 g/mol. The van der Waals surface area contributed by atoms with Gasteiger partial charge in [0.25, 0.3) is 0 Å².